The maximum atomic E-state index is 12.5. The standard InChI is InChI=1S/C22H26N4O3/c1-2-23-21(28)16-7-5-10-19(13-16)25-20(27)15-24-18-9-6-8-17(14-18)22(29)26-11-3-4-12-26/h5-10,13-14,24H,2-4,11-12,15H2,1H3,(H,23,28)(H,25,27). The van der Waals surface area contributed by atoms with Gasteiger partial charge in [0.05, 0.1) is 6.54 Å². The Labute approximate surface area is 170 Å². The minimum Gasteiger partial charge on any atom is -0.376 e. The Bertz CT molecular complexity index is 891. The van der Waals surface area contributed by atoms with Gasteiger partial charge < -0.3 is 20.9 Å². The van der Waals surface area contributed by atoms with Crippen molar-refractivity contribution >= 4 is 29.1 Å². The van der Waals surface area contributed by atoms with Gasteiger partial charge in [-0.25, -0.2) is 0 Å². The summed E-state index contributed by atoms with van der Waals surface area (Å²) in [6.45, 7) is 4.04. The van der Waals surface area contributed by atoms with E-state index in [0.717, 1.165) is 25.9 Å². The molecule has 0 atom stereocenters. The van der Waals surface area contributed by atoms with Gasteiger partial charge in [-0.05, 0) is 56.2 Å². The summed E-state index contributed by atoms with van der Waals surface area (Å²) in [7, 11) is 0. The number of hydrogen-bond donors (Lipinski definition) is 3. The molecule has 0 radical (unpaired) electrons. The van der Waals surface area contributed by atoms with Crippen LogP contribution in [0.3, 0.4) is 0 Å². The second kappa shape index (κ2) is 9.73. The topological polar surface area (TPSA) is 90.5 Å². The fourth-order valence-corrected chi connectivity index (χ4v) is 3.25. The van der Waals surface area contributed by atoms with Crippen LogP contribution in [0.4, 0.5) is 11.4 Å². The molecular weight excluding hydrogens is 368 g/mol. The van der Waals surface area contributed by atoms with Crippen LogP contribution in [0.2, 0.25) is 0 Å². The number of anilines is 2. The summed E-state index contributed by atoms with van der Waals surface area (Å²) in [5.74, 6) is -0.395. The molecule has 7 heteroatoms. The first-order valence-corrected chi connectivity index (χ1v) is 9.88. The van der Waals surface area contributed by atoms with Gasteiger partial charge in [-0.15, -0.1) is 0 Å². The molecule has 0 saturated carbocycles. The Morgan fingerprint density at radius 2 is 1.59 bits per heavy atom. The van der Waals surface area contributed by atoms with Crippen molar-refractivity contribution in [3.63, 3.8) is 0 Å². The summed E-state index contributed by atoms with van der Waals surface area (Å²) < 4.78 is 0. The third-order valence-electron chi connectivity index (χ3n) is 4.70. The van der Waals surface area contributed by atoms with E-state index in [9.17, 15) is 14.4 Å². The summed E-state index contributed by atoms with van der Waals surface area (Å²) in [6, 6.07) is 14.0. The minimum atomic E-state index is -0.241. The number of nitrogens with zero attached hydrogens (tertiary/aromatic N) is 1. The lowest BCUT2D eigenvalue weighted by Gasteiger charge is -2.16. The van der Waals surface area contributed by atoms with Gasteiger partial charge in [0, 0.05) is 42.1 Å². The van der Waals surface area contributed by atoms with Crippen LogP contribution in [0.15, 0.2) is 48.5 Å². The first-order chi connectivity index (χ1) is 14.1. The molecule has 7 nitrogen and oxygen atoms in total. The zero-order chi connectivity index (χ0) is 20.6. The number of likely N-dealkylation sites (tertiary alicyclic amines) is 1. The number of benzene rings is 2. The molecule has 3 amide bonds. The van der Waals surface area contributed by atoms with Crippen LogP contribution in [0.1, 0.15) is 40.5 Å². The molecule has 3 N–H and O–H groups in total. The Morgan fingerprint density at radius 1 is 0.931 bits per heavy atom. The lowest BCUT2D eigenvalue weighted by molar-refractivity contribution is -0.114. The first-order valence-electron chi connectivity index (χ1n) is 9.88. The quantitative estimate of drug-likeness (QED) is 0.674. The monoisotopic (exact) mass is 394 g/mol. The SMILES string of the molecule is CCNC(=O)c1cccc(NC(=O)CNc2cccc(C(=O)N3CCCC3)c2)c1. The fourth-order valence-electron chi connectivity index (χ4n) is 3.25. The molecule has 29 heavy (non-hydrogen) atoms. The highest BCUT2D eigenvalue weighted by molar-refractivity contribution is 5.98. The Morgan fingerprint density at radius 3 is 2.31 bits per heavy atom. The largest absolute Gasteiger partial charge is 0.376 e. The first kappa shape index (κ1) is 20.4. The zero-order valence-corrected chi connectivity index (χ0v) is 16.5. The van der Waals surface area contributed by atoms with E-state index in [1.165, 1.54) is 0 Å². The van der Waals surface area contributed by atoms with Gasteiger partial charge in [-0.3, -0.25) is 14.4 Å². The predicted molar refractivity (Wildman–Crippen MR) is 113 cm³/mol. The van der Waals surface area contributed by atoms with Gasteiger partial charge in [0.1, 0.15) is 0 Å². The van der Waals surface area contributed by atoms with E-state index in [0.29, 0.717) is 29.0 Å². The second-order valence-electron chi connectivity index (χ2n) is 6.92. The molecule has 2 aromatic carbocycles. The molecule has 0 aliphatic carbocycles. The van der Waals surface area contributed by atoms with E-state index < -0.39 is 0 Å². The highest BCUT2D eigenvalue weighted by atomic mass is 16.2. The summed E-state index contributed by atoms with van der Waals surface area (Å²) >= 11 is 0. The second-order valence-corrected chi connectivity index (χ2v) is 6.92. The maximum Gasteiger partial charge on any atom is 0.253 e. The fraction of sp³-hybridized carbons (Fsp3) is 0.318. The molecular formula is C22H26N4O3. The van der Waals surface area contributed by atoms with E-state index in [2.05, 4.69) is 16.0 Å². The molecule has 1 aliphatic rings. The van der Waals surface area contributed by atoms with Crippen LogP contribution in [0.25, 0.3) is 0 Å². The Kier molecular flexibility index (Phi) is 6.84. The van der Waals surface area contributed by atoms with E-state index >= 15 is 0 Å². The Balaban J connectivity index is 1.56. The highest BCUT2D eigenvalue weighted by Crippen LogP contribution is 2.16. The molecule has 0 bridgehead atoms. The third-order valence-corrected chi connectivity index (χ3v) is 4.70. The molecule has 0 spiro atoms. The van der Waals surface area contributed by atoms with Crippen molar-refractivity contribution in [2.75, 3.05) is 36.8 Å². The zero-order valence-electron chi connectivity index (χ0n) is 16.5. The molecule has 1 saturated heterocycles. The number of rotatable bonds is 7. The highest BCUT2D eigenvalue weighted by Gasteiger charge is 2.19. The molecule has 1 heterocycles. The van der Waals surface area contributed by atoms with Crippen LogP contribution in [-0.2, 0) is 4.79 Å². The summed E-state index contributed by atoms with van der Waals surface area (Å²) in [5.41, 5.74) is 2.37. The van der Waals surface area contributed by atoms with Gasteiger partial charge in [-0.1, -0.05) is 12.1 Å². The van der Waals surface area contributed by atoms with E-state index in [-0.39, 0.29) is 24.3 Å². The molecule has 0 unspecified atom stereocenters. The summed E-state index contributed by atoms with van der Waals surface area (Å²) in [5, 5.41) is 8.55. The average molecular weight is 394 g/mol. The van der Waals surface area contributed by atoms with Gasteiger partial charge in [-0.2, -0.15) is 0 Å². The molecule has 0 aromatic heterocycles. The predicted octanol–water partition coefficient (Wildman–Crippen LogP) is 2.72. The van der Waals surface area contributed by atoms with Crippen molar-refractivity contribution in [2.24, 2.45) is 0 Å². The van der Waals surface area contributed by atoms with Crippen molar-refractivity contribution < 1.29 is 14.4 Å². The van der Waals surface area contributed by atoms with Crippen LogP contribution >= 0.6 is 0 Å². The normalized spacial score (nSPS) is 13.1. The lowest BCUT2D eigenvalue weighted by atomic mass is 10.1. The molecule has 2 aromatic rings. The van der Waals surface area contributed by atoms with E-state index in [4.69, 9.17) is 0 Å². The maximum absolute atomic E-state index is 12.5. The molecule has 3 rings (SSSR count). The number of hydrogen-bond acceptors (Lipinski definition) is 4. The van der Waals surface area contributed by atoms with Crippen molar-refractivity contribution in [3.8, 4) is 0 Å². The molecule has 1 fully saturated rings. The van der Waals surface area contributed by atoms with E-state index in [1.54, 1.807) is 42.5 Å². The summed E-state index contributed by atoms with van der Waals surface area (Å²) in [6.07, 6.45) is 2.09. The van der Waals surface area contributed by atoms with Crippen molar-refractivity contribution in [1.82, 2.24) is 10.2 Å². The van der Waals surface area contributed by atoms with Gasteiger partial charge in [0.15, 0.2) is 0 Å². The summed E-state index contributed by atoms with van der Waals surface area (Å²) in [4.78, 5) is 38.5. The van der Waals surface area contributed by atoms with Crippen molar-refractivity contribution in [1.29, 1.82) is 0 Å². The number of nitrogens with one attached hydrogen (secondary N) is 3. The van der Waals surface area contributed by atoms with Gasteiger partial charge in [0.25, 0.3) is 11.8 Å². The van der Waals surface area contributed by atoms with Gasteiger partial charge in [0.2, 0.25) is 5.91 Å². The number of amides is 3. The molecule has 1 aliphatic heterocycles. The van der Waals surface area contributed by atoms with Crippen molar-refractivity contribution in [3.05, 3.63) is 59.7 Å². The van der Waals surface area contributed by atoms with Gasteiger partial charge >= 0.3 is 0 Å². The van der Waals surface area contributed by atoms with Crippen LogP contribution < -0.4 is 16.0 Å². The van der Waals surface area contributed by atoms with Crippen LogP contribution in [-0.4, -0.2) is 48.8 Å². The molecule has 152 valence electrons. The lowest BCUT2D eigenvalue weighted by Crippen LogP contribution is -2.27. The van der Waals surface area contributed by atoms with Crippen molar-refractivity contribution in [2.45, 2.75) is 19.8 Å². The van der Waals surface area contributed by atoms with Crippen LogP contribution in [0, 0.1) is 0 Å². The van der Waals surface area contributed by atoms with Crippen LogP contribution in [0.5, 0.6) is 0 Å². The smallest absolute Gasteiger partial charge is 0.253 e. The third kappa shape index (κ3) is 5.57. The number of carbonyl (C=O) groups excluding carboxylic acids is 3. The Hall–Kier alpha value is -3.35. The number of carbonyl (C=O) groups is 3. The minimum absolute atomic E-state index is 0.0257. The van der Waals surface area contributed by atoms with E-state index in [1.807, 2.05) is 17.9 Å². The average Bonchev–Trinajstić information content (AvgIpc) is 3.27.